The summed E-state index contributed by atoms with van der Waals surface area (Å²) in [7, 11) is 4.07. The van der Waals surface area contributed by atoms with Crippen LogP contribution in [0.3, 0.4) is 0 Å². The van der Waals surface area contributed by atoms with Gasteiger partial charge in [0.2, 0.25) is 5.91 Å². The Balaban J connectivity index is 1.74. The zero-order valence-electron chi connectivity index (χ0n) is 14.9. The van der Waals surface area contributed by atoms with E-state index in [1.807, 2.05) is 67.7 Å². The molecule has 0 bridgehead atoms. The molecule has 0 radical (unpaired) electrons. The van der Waals surface area contributed by atoms with Crippen molar-refractivity contribution < 1.29 is 4.79 Å². The minimum Gasteiger partial charge on any atom is -0.332 e. The average Bonchev–Trinajstić information content (AvgIpc) is 3.10. The Hall–Kier alpha value is -2.46. The molecule has 25 heavy (non-hydrogen) atoms. The van der Waals surface area contributed by atoms with Crippen LogP contribution in [0.4, 0.5) is 0 Å². The Morgan fingerprint density at radius 3 is 2.84 bits per heavy atom. The zero-order valence-corrected chi connectivity index (χ0v) is 14.9. The standard InChI is InChI=1S/C21H25N3O/c1-23(2)16-19-15-18(12-13-22-19)20-9-6-14-24(20)21(25)11-10-17-7-4-3-5-8-17/h3-5,7-8,10-13,15,20H,6,9,14,16H2,1-2H3/b11-10+/t20-/m0/s1. The first kappa shape index (κ1) is 17.4. The highest BCUT2D eigenvalue weighted by Gasteiger charge is 2.28. The van der Waals surface area contributed by atoms with E-state index in [2.05, 4.69) is 16.0 Å². The van der Waals surface area contributed by atoms with Crippen LogP contribution in [-0.4, -0.2) is 41.3 Å². The average molecular weight is 335 g/mol. The van der Waals surface area contributed by atoms with Crippen LogP contribution in [0.2, 0.25) is 0 Å². The number of amides is 1. The number of aromatic nitrogens is 1. The van der Waals surface area contributed by atoms with Gasteiger partial charge in [-0.1, -0.05) is 30.3 Å². The lowest BCUT2D eigenvalue weighted by atomic mass is 10.0. The first-order chi connectivity index (χ1) is 12.1. The van der Waals surface area contributed by atoms with Gasteiger partial charge in [-0.15, -0.1) is 0 Å². The fourth-order valence-corrected chi connectivity index (χ4v) is 3.32. The molecule has 0 spiro atoms. The smallest absolute Gasteiger partial charge is 0.247 e. The summed E-state index contributed by atoms with van der Waals surface area (Å²) in [4.78, 5) is 21.2. The number of nitrogens with zero attached hydrogens (tertiary/aromatic N) is 3. The Kier molecular flexibility index (Phi) is 5.61. The van der Waals surface area contributed by atoms with E-state index in [-0.39, 0.29) is 11.9 Å². The second-order valence-electron chi connectivity index (χ2n) is 6.75. The fourth-order valence-electron chi connectivity index (χ4n) is 3.32. The van der Waals surface area contributed by atoms with Crippen LogP contribution >= 0.6 is 0 Å². The molecule has 130 valence electrons. The molecule has 4 nitrogen and oxygen atoms in total. The van der Waals surface area contributed by atoms with E-state index in [0.29, 0.717) is 0 Å². The van der Waals surface area contributed by atoms with E-state index in [1.54, 1.807) is 6.08 Å². The van der Waals surface area contributed by atoms with Crippen molar-refractivity contribution in [2.24, 2.45) is 0 Å². The monoisotopic (exact) mass is 335 g/mol. The van der Waals surface area contributed by atoms with Crippen molar-refractivity contribution in [3.63, 3.8) is 0 Å². The summed E-state index contributed by atoms with van der Waals surface area (Å²) in [6.45, 7) is 1.62. The number of carbonyl (C=O) groups excluding carboxylic acids is 1. The summed E-state index contributed by atoms with van der Waals surface area (Å²) in [5, 5.41) is 0. The Labute approximate surface area is 149 Å². The molecule has 1 aliphatic rings. The minimum atomic E-state index is 0.0809. The maximum atomic E-state index is 12.7. The van der Waals surface area contributed by atoms with Crippen molar-refractivity contribution in [2.75, 3.05) is 20.6 Å². The Morgan fingerprint density at radius 2 is 2.08 bits per heavy atom. The SMILES string of the molecule is CN(C)Cc1cc([C@@H]2CCCN2C(=O)/C=C/c2ccccc2)ccn1. The molecule has 1 fully saturated rings. The van der Waals surface area contributed by atoms with Gasteiger partial charge in [-0.3, -0.25) is 9.78 Å². The molecule has 1 amide bonds. The molecular weight excluding hydrogens is 310 g/mol. The third kappa shape index (κ3) is 4.54. The molecule has 1 aromatic carbocycles. The number of hydrogen-bond acceptors (Lipinski definition) is 3. The van der Waals surface area contributed by atoms with Gasteiger partial charge in [-0.05, 0) is 56.3 Å². The Morgan fingerprint density at radius 1 is 1.28 bits per heavy atom. The number of benzene rings is 1. The van der Waals surface area contributed by atoms with Gasteiger partial charge in [0.25, 0.3) is 0 Å². The summed E-state index contributed by atoms with van der Waals surface area (Å²) in [5.41, 5.74) is 3.27. The number of likely N-dealkylation sites (tertiary alicyclic amines) is 1. The lowest BCUT2D eigenvalue weighted by Gasteiger charge is -2.24. The van der Waals surface area contributed by atoms with E-state index in [4.69, 9.17) is 0 Å². The quantitative estimate of drug-likeness (QED) is 0.785. The molecule has 1 aromatic heterocycles. The highest BCUT2D eigenvalue weighted by Crippen LogP contribution is 2.32. The topological polar surface area (TPSA) is 36.4 Å². The lowest BCUT2D eigenvalue weighted by molar-refractivity contribution is -0.126. The largest absolute Gasteiger partial charge is 0.332 e. The summed E-state index contributed by atoms with van der Waals surface area (Å²) in [5.74, 6) is 0.0809. The van der Waals surface area contributed by atoms with Crippen molar-refractivity contribution in [1.82, 2.24) is 14.8 Å². The van der Waals surface area contributed by atoms with Crippen molar-refractivity contribution in [3.05, 3.63) is 71.6 Å². The molecule has 1 aliphatic heterocycles. The molecular formula is C21H25N3O. The number of pyridine rings is 1. The minimum absolute atomic E-state index is 0.0809. The van der Waals surface area contributed by atoms with Crippen LogP contribution in [0.1, 0.15) is 35.7 Å². The maximum absolute atomic E-state index is 12.7. The number of carbonyl (C=O) groups is 1. The van der Waals surface area contributed by atoms with Crippen LogP contribution in [0.5, 0.6) is 0 Å². The van der Waals surface area contributed by atoms with Crippen LogP contribution < -0.4 is 0 Å². The molecule has 2 aromatic rings. The predicted molar refractivity (Wildman–Crippen MR) is 101 cm³/mol. The van der Waals surface area contributed by atoms with Gasteiger partial charge in [0.05, 0.1) is 11.7 Å². The van der Waals surface area contributed by atoms with Gasteiger partial charge >= 0.3 is 0 Å². The van der Waals surface area contributed by atoms with Gasteiger partial charge in [0.1, 0.15) is 0 Å². The first-order valence-electron chi connectivity index (χ1n) is 8.77. The summed E-state index contributed by atoms with van der Waals surface area (Å²) < 4.78 is 0. The highest BCUT2D eigenvalue weighted by atomic mass is 16.2. The van der Waals surface area contributed by atoms with E-state index in [1.165, 1.54) is 5.56 Å². The number of rotatable bonds is 5. The third-order valence-electron chi connectivity index (χ3n) is 4.46. The van der Waals surface area contributed by atoms with Crippen LogP contribution in [0.25, 0.3) is 6.08 Å². The molecule has 0 N–H and O–H groups in total. The van der Waals surface area contributed by atoms with E-state index in [9.17, 15) is 4.79 Å². The molecule has 0 unspecified atom stereocenters. The van der Waals surface area contributed by atoms with Gasteiger partial charge in [-0.25, -0.2) is 0 Å². The number of hydrogen-bond donors (Lipinski definition) is 0. The Bertz CT molecular complexity index is 740. The summed E-state index contributed by atoms with van der Waals surface area (Å²) >= 11 is 0. The van der Waals surface area contributed by atoms with Crippen LogP contribution in [-0.2, 0) is 11.3 Å². The normalized spacial score (nSPS) is 17.6. The molecule has 2 heterocycles. The van der Waals surface area contributed by atoms with E-state index < -0.39 is 0 Å². The molecule has 3 rings (SSSR count). The molecule has 0 saturated carbocycles. The van der Waals surface area contributed by atoms with Gasteiger partial charge < -0.3 is 9.80 Å². The van der Waals surface area contributed by atoms with E-state index >= 15 is 0 Å². The van der Waals surface area contributed by atoms with Crippen molar-refractivity contribution in [1.29, 1.82) is 0 Å². The highest BCUT2D eigenvalue weighted by molar-refractivity contribution is 5.92. The lowest BCUT2D eigenvalue weighted by Crippen LogP contribution is -2.29. The van der Waals surface area contributed by atoms with E-state index in [0.717, 1.165) is 37.2 Å². The summed E-state index contributed by atoms with van der Waals surface area (Å²) in [6.07, 6.45) is 7.49. The maximum Gasteiger partial charge on any atom is 0.247 e. The third-order valence-corrected chi connectivity index (χ3v) is 4.46. The molecule has 4 heteroatoms. The first-order valence-corrected chi connectivity index (χ1v) is 8.77. The van der Waals surface area contributed by atoms with Crippen LogP contribution in [0.15, 0.2) is 54.7 Å². The molecule has 1 saturated heterocycles. The van der Waals surface area contributed by atoms with Gasteiger partial charge in [-0.2, -0.15) is 0 Å². The van der Waals surface area contributed by atoms with Crippen molar-refractivity contribution in [3.8, 4) is 0 Å². The second kappa shape index (κ2) is 8.08. The molecule has 1 atom stereocenters. The van der Waals surface area contributed by atoms with Crippen molar-refractivity contribution >= 4 is 12.0 Å². The van der Waals surface area contributed by atoms with Crippen molar-refractivity contribution in [2.45, 2.75) is 25.4 Å². The summed E-state index contributed by atoms with van der Waals surface area (Å²) in [6, 6.07) is 14.3. The van der Waals surface area contributed by atoms with Gasteiger partial charge in [0, 0.05) is 25.4 Å². The molecule has 0 aliphatic carbocycles. The van der Waals surface area contributed by atoms with Crippen LogP contribution in [0, 0.1) is 0 Å². The fraction of sp³-hybridized carbons (Fsp3) is 0.333. The zero-order chi connectivity index (χ0) is 17.6. The predicted octanol–water partition coefficient (Wildman–Crippen LogP) is 3.52. The second-order valence-corrected chi connectivity index (χ2v) is 6.75. The van der Waals surface area contributed by atoms with Gasteiger partial charge in [0.15, 0.2) is 0 Å².